The molecule has 1 radical (unpaired) electrons. The van der Waals surface area contributed by atoms with Gasteiger partial charge in [0.05, 0.1) is 0 Å². The summed E-state index contributed by atoms with van der Waals surface area (Å²) in [7, 11) is 0. The van der Waals surface area contributed by atoms with Crippen molar-refractivity contribution < 1.29 is 68.5 Å². The van der Waals surface area contributed by atoms with Crippen LogP contribution in [0.3, 0.4) is 0 Å². The Labute approximate surface area is 169 Å². The maximum Gasteiger partial charge on any atom is 0.0428 e. The van der Waals surface area contributed by atoms with Crippen molar-refractivity contribution in [2.75, 3.05) is 46.2 Å². The van der Waals surface area contributed by atoms with Gasteiger partial charge in [-0.25, -0.2) is 0 Å². The minimum absolute atomic E-state index is 0. The van der Waals surface area contributed by atoms with Crippen LogP contribution in [0.15, 0.2) is 0 Å². The molecule has 0 aromatic carbocycles. The fourth-order valence-corrected chi connectivity index (χ4v) is 0. The molecule has 0 rings (SSSR count). The fraction of sp³-hybridized carbons (Fsp3) is 1.00. The molecule has 0 amide bonds. The normalized spacial score (nSPS) is 6.00. The summed E-state index contributed by atoms with van der Waals surface area (Å²) in [6.45, 7) is 13.8. The molecule has 0 aliphatic heterocycles. The molecule has 7 nitrogen and oxygen atoms in total. The number of aliphatic hydroxyl groups excluding tert-OH is 7. The topological polar surface area (TPSA) is 142 Å². The molecule has 0 aromatic heterocycles. The molecule has 0 atom stereocenters. The Morgan fingerprint density at radius 1 is 0.391 bits per heavy atom. The smallest absolute Gasteiger partial charge is 0.0428 e. The van der Waals surface area contributed by atoms with Gasteiger partial charge in [0, 0.05) is 79.0 Å². The van der Waals surface area contributed by atoms with Gasteiger partial charge in [0.25, 0.3) is 0 Å². The summed E-state index contributed by atoms with van der Waals surface area (Å²) < 4.78 is 0. The van der Waals surface area contributed by atoms with E-state index >= 15 is 0 Å². The zero-order chi connectivity index (χ0) is 19.7. The van der Waals surface area contributed by atoms with Gasteiger partial charge in [0.1, 0.15) is 0 Å². The third-order valence-electron chi connectivity index (χ3n) is 0.224. The average Bonchev–Trinajstić information content (AvgIpc) is 2.44. The zero-order valence-corrected chi connectivity index (χ0v) is 19.2. The summed E-state index contributed by atoms with van der Waals surface area (Å²) in [4.78, 5) is 0. The molecule has 8 heteroatoms. The van der Waals surface area contributed by atoms with E-state index in [1.807, 2.05) is 6.92 Å². The third-order valence-corrected chi connectivity index (χ3v) is 0.224. The van der Waals surface area contributed by atoms with E-state index in [-0.39, 0.29) is 72.4 Å². The van der Waals surface area contributed by atoms with Crippen molar-refractivity contribution in [1.82, 2.24) is 0 Å². The van der Waals surface area contributed by atoms with Gasteiger partial charge in [-0.1, -0.05) is 6.92 Å². The zero-order valence-electron chi connectivity index (χ0n) is 16.4. The Bertz CT molecular complexity index is 56.3. The summed E-state index contributed by atoms with van der Waals surface area (Å²) in [6.07, 6.45) is 0.875. The van der Waals surface area contributed by atoms with Crippen LogP contribution in [0.2, 0.25) is 0 Å². The van der Waals surface area contributed by atoms with Gasteiger partial charge in [-0.2, -0.15) is 0 Å². The molecule has 0 aliphatic carbocycles. The minimum Gasteiger partial charge on any atom is -0.397 e. The minimum atomic E-state index is 0. The molecule has 0 aromatic rings. The van der Waals surface area contributed by atoms with E-state index in [1.54, 1.807) is 41.5 Å². The number of aliphatic hydroxyl groups is 7. The molecule has 0 spiro atoms. The Kier molecular flexibility index (Phi) is 301. The van der Waals surface area contributed by atoms with Gasteiger partial charge in [-0.05, 0) is 48.0 Å². The molecule has 0 saturated carbocycles. The first-order valence-electron chi connectivity index (χ1n) is 7.66. The molecule has 0 heterocycles. The van der Waals surface area contributed by atoms with Crippen LogP contribution in [-0.2, 0) is 32.7 Å². The van der Waals surface area contributed by atoms with E-state index in [0.29, 0.717) is 6.61 Å². The molecule has 0 aliphatic rings. The first-order chi connectivity index (χ1) is 10.4. The van der Waals surface area contributed by atoms with Crippen LogP contribution < -0.4 is 0 Å². The van der Waals surface area contributed by atoms with Crippen LogP contribution in [0.25, 0.3) is 0 Å². The van der Waals surface area contributed by atoms with Crippen LogP contribution in [0.4, 0.5) is 0 Å². The molecular weight excluding hydrogens is 381 g/mol. The van der Waals surface area contributed by atoms with Crippen LogP contribution in [0.1, 0.15) is 54.9 Å². The van der Waals surface area contributed by atoms with E-state index < -0.39 is 0 Å². The van der Waals surface area contributed by atoms with Crippen molar-refractivity contribution in [3.05, 3.63) is 0 Å². The van der Waals surface area contributed by atoms with Crippen molar-refractivity contribution >= 4 is 0 Å². The molecule has 0 fully saturated rings. The second-order valence-electron chi connectivity index (χ2n) is 2.62. The van der Waals surface area contributed by atoms with Crippen molar-refractivity contribution in [3.63, 3.8) is 0 Å². The second kappa shape index (κ2) is 140. The van der Waals surface area contributed by atoms with E-state index in [4.69, 9.17) is 35.7 Å². The summed E-state index contributed by atoms with van der Waals surface area (Å²) >= 11 is 0. The van der Waals surface area contributed by atoms with Gasteiger partial charge < -0.3 is 35.7 Å². The van der Waals surface area contributed by atoms with Gasteiger partial charge >= 0.3 is 0 Å². The number of hydrogen-bond donors (Lipinski definition) is 7. The molecule has 0 saturated heterocycles. The monoisotopic (exact) mass is 425 g/mol. The van der Waals surface area contributed by atoms with Gasteiger partial charge in [0.2, 0.25) is 0 Å². The van der Waals surface area contributed by atoms with Crippen molar-refractivity contribution in [2.45, 2.75) is 54.9 Å². The standard InChI is InChI=1S/C3H8O.6C2H6O.Y/c1-2-3-4;6*1-2-3;/h4H,2-3H2,1H3;6*3H,2H2,1H3;. The van der Waals surface area contributed by atoms with Crippen molar-refractivity contribution in [3.8, 4) is 0 Å². The van der Waals surface area contributed by atoms with E-state index in [0.717, 1.165) is 6.42 Å². The molecule has 7 N–H and O–H groups in total. The Hall–Kier alpha value is 0.824. The molecule has 0 unspecified atom stereocenters. The maximum absolute atomic E-state index is 7.88. The summed E-state index contributed by atoms with van der Waals surface area (Å²) in [6, 6.07) is 0. The summed E-state index contributed by atoms with van der Waals surface area (Å²) in [5.74, 6) is 0. The van der Waals surface area contributed by atoms with Gasteiger partial charge in [-0.3, -0.25) is 0 Å². The molecule has 23 heavy (non-hydrogen) atoms. The Balaban J connectivity index is -0.0000000189. The molecule has 0 bridgehead atoms. The number of hydrogen-bond acceptors (Lipinski definition) is 7. The van der Waals surface area contributed by atoms with E-state index in [1.165, 1.54) is 0 Å². The predicted octanol–water partition coefficient (Wildman–Crippen LogP) is 0.378. The van der Waals surface area contributed by atoms with Crippen LogP contribution in [-0.4, -0.2) is 82.0 Å². The largest absolute Gasteiger partial charge is 0.397 e. The van der Waals surface area contributed by atoms with E-state index in [9.17, 15) is 0 Å². The van der Waals surface area contributed by atoms with Crippen molar-refractivity contribution in [1.29, 1.82) is 0 Å². The first-order valence-corrected chi connectivity index (χ1v) is 7.66. The van der Waals surface area contributed by atoms with Crippen molar-refractivity contribution in [2.24, 2.45) is 0 Å². The first kappa shape index (κ1) is 49.6. The Morgan fingerprint density at radius 2 is 0.435 bits per heavy atom. The van der Waals surface area contributed by atoms with Crippen LogP contribution in [0.5, 0.6) is 0 Å². The number of rotatable bonds is 1. The maximum atomic E-state index is 7.88. The SMILES string of the molecule is CCCO.CCO.CCO.CCO.CCO.CCO.CCO.[Y]. The van der Waals surface area contributed by atoms with E-state index in [2.05, 4.69) is 0 Å². The fourth-order valence-electron chi connectivity index (χ4n) is 0. The van der Waals surface area contributed by atoms with Crippen LogP contribution >= 0.6 is 0 Å². The molecule has 149 valence electrons. The van der Waals surface area contributed by atoms with Crippen LogP contribution in [0, 0.1) is 0 Å². The summed E-state index contributed by atoms with van der Waals surface area (Å²) in [5.41, 5.74) is 0. The van der Waals surface area contributed by atoms with Gasteiger partial charge in [0.15, 0.2) is 0 Å². The molecular formula is C15H44O7Y. The average molecular weight is 425 g/mol. The quantitative estimate of drug-likeness (QED) is 0.322. The predicted molar refractivity (Wildman–Crippen MR) is 93.9 cm³/mol. The summed E-state index contributed by atoms with van der Waals surface area (Å²) in [5, 5.41) is 53.3. The second-order valence-corrected chi connectivity index (χ2v) is 2.62. The van der Waals surface area contributed by atoms with Gasteiger partial charge in [-0.15, -0.1) is 0 Å². The Morgan fingerprint density at radius 3 is 0.435 bits per heavy atom. The third kappa shape index (κ3) is 2980.